The molecular formula is C22H25NO6. The van der Waals surface area contributed by atoms with Crippen molar-refractivity contribution in [2.75, 3.05) is 14.2 Å². The minimum absolute atomic E-state index is 0.310. The molecule has 2 aromatic carbocycles. The molecule has 2 aromatic rings. The lowest BCUT2D eigenvalue weighted by Gasteiger charge is -2.26. The highest BCUT2D eigenvalue weighted by atomic mass is 16.5. The first-order valence-corrected chi connectivity index (χ1v) is 9.15. The molecule has 0 aromatic heterocycles. The Morgan fingerprint density at radius 1 is 0.862 bits per heavy atom. The highest BCUT2D eigenvalue weighted by molar-refractivity contribution is 5.99. The van der Waals surface area contributed by atoms with Gasteiger partial charge in [-0.25, -0.2) is 4.79 Å². The number of methoxy groups -OCH3 is 2. The van der Waals surface area contributed by atoms with Crippen LogP contribution in [0.3, 0.4) is 0 Å². The average Bonchev–Trinajstić information content (AvgIpc) is 2.73. The normalized spacial score (nSPS) is 12.6. The van der Waals surface area contributed by atoms with Gasteiger partial charge in [-0.05, 0) is 43.7 Å². The molecule has 7 nitrogen and oxygen atoms in total. The molecule has 0 bridgehead atoms. The molecule has 1 N–H and O–H groups in total. The zero-order valence-electron chi connectivity index (χ0n) is 16.9. The topological polar surface area (TPSA) is 90.9 Å². The van der Waals surface area contributed by atoms with Crippen LogP contribution >= 0.6 is 0 Å². The van der Waals surface area contributed by atoms with Gasteiger partial charge in [0.15, 0.2) is 0 Å². The van der Waals surface area contributed by atoms with E-state index in [4.69, 9.17) is 14.2 Å². The first-order valence-electron chi connectivity index (χ1n) is 9.15. The Hall–Kier alpha value is -3.35. The number of esters is 2. The molecule has 0 unspecified atom stereocenters. The summed E-state index contributed by atoms with van der Waals surface area (Å²) >= 11 is 0. The van der Waals surface area contributed by atoms with Crippen LogP contribution < -0.4 is 10.1 Å². The van der Waals surface area contributed by atoms with Crippen molar-refractivity contribution in [1.29, 1.82) is 0 Å². The van der Waals surface area contributed by atoms with Crippen LogP contribution in [0.5, 0.6) is 5.75 Å². The number of ether oxygens (including phenoxy) is 3. The predicted octanol–water partition coefficient (Wildman–Crippen LogP) is 2.70. The van der Waals surface area contributed by atoms with Crippen molar-refractivity contribution in [3.8, 4) is 5.75 Å². The summed E-state index contributed by atoms with van der Waals surface area (Å²) in [6.45, 7) is 3.38. The minimum atomic E-state index is -1.26. The lowest BCUT2D eigenvalue weighted by molar-refractivity contribution is -0.155. The van der Waals surface area contributed by atoms with Crippen molar-refractivity contribution < 1.29 is 28.6 Å². The first kappa shape index (κ1) is 21.9. The summed E-state index contributed by atoms with van der Waals surface area (Å²) in [6, 6.07) is 13.8. The molecule has 29 heavy (non-hydrogen) atoms. The molecule has 0 spiro atoms. The largest absolute Gasteiger partial charge is 0.497 e. The van der Waals surface area contributed by atoms with E-state index in [1.807, 2.05) is 0 Å². The van der Waals surface area contributed by atoms with Gasteiger partial charge in [0.25, 0.3) is 5.91 Å². The Balaban J connectivity index is 2.39. The molecule has 0 saturated carbocycles. The lowest BCUT2D eigenvalue weighted by Crippen LogP contribution is -2.49. The molecule has 0 aliphatic rings. The third-order valence-electron chi connectivity index (χ3n) is 4.19. The second-order valence-electron chi connectivity index (χ2n) is 6.58. The zero-order valence-corrected chi connectivity index (χ0v) is 16.9. The van der Waals surface area contributed by atoms with Crippen molar-refractivity contribution in [2.45, 2.75) is 31.9 Å². The van der Waals surface area contributed by atoms with Crippen LogP contribution in [0.1, 0.15) is 35.7 Å². The van der Waals surface area contributed by atoms with Crippen molar-refractivity contribution in [3.05, 3.63) is 65.7 Å². The van der Waals surface area contributed by atoms with Crippen molar-refractivity contribution in [3.63, 3.8) is 0 Å². The van der Waals surface area contributed by atoms with E-state index in [9.17, 15) is 14.4 Å². The number of benzene rings is 2. The maximum absolute atomic E-state index is 12.8. The van der Waals surface area contributed by atoms with Gasteiger partial charge in [-0.1, -0.05) is 30.3 Å². The number of hydrogen-bond acceptors (Lipinski definition) is 6. The molecule has 0 aliphatic carbocycles. The molecule has 2 rings (SSSR count). The Labute approximate surface area is 170 Å². The summed E-state index contributed by atoms with van der Waals surface area (Å²) in [5.41, 5.74) is 0.838. The van der Waals surface area contributed by atoms with E-state index in [-0.39, 0.29) is 0 Å². The third-order valence-corrected chi connectivity index (χ3v) is 4.19. The maximum atomic E-state index is 12.8. The molecule has 0 heterocycles. The zero-order chi connectivity index (χ0) is 21.4. The number of hydrogen-bond donors (Lipinski definition) is 1. The van der Waals surface area contributed by atoms with Crippen molar-refractivity contribution in [2.24, 2.45) is 0 Å². The second-order valence-corrected chi connectivity index (χ2v) is 6.58. The van der Waals surface area contributed by atoms with Crippen molar-refractivity contribution in [1.82, 2.24) is 5.32 Å². The van der Waals surface area contributed by atoms with Gasteiger partial charge in [-0.3, -0.25) is 9.59 Å². The van der Waals surface area contributed by atoms with Crippen LogP contribution in [0.15, 0.2) is 54.6 Å². The van der Waals surface area contributed by atoms with Crippen LogP contribution in [-0.2, 0) is 19.1 Å². The van der Waals surface area contributed by atoms with Gasteiger partial charge in [-0.15, -0.1) is 0 Å². The number of amides is 1. The van der Waals surface area contributed by atoms with Crippen molar-refractivity contribution >= 4 is 17.8 Å². The fraction of sp³-hybridized carbons (Fsp3) is 0.318. The number of rotatable bonds is 8. The molecule has 0 aliphatic heterocycles. The SMILES string of the molecule is COC(=O)[C@H](c1ccccc1)[C@@H](NC(=O)c1ccc(OC)cc1)C(=O)OC(C)C. The smallest absolute Gasteiger partial charge is 0.330 e. The maximum Gasteiger partial charge on any atom is 0.330 e. The highest BCUT2D eigenvalue weighted by Gasteiger charge is 2.38. The third kappa shape index (κ3) is 5.81. The fourth-order valence-corrected chi connectivity index (χ4v) is 2.80. The highest BCUT2D eigenvalue weighted by Crippen LogP contribution is 2.23. The Morgan fingerprint density at radius 3 is 2.00 bits per heavy atom. The van der Waals surface area contributed by atoms with E-state index in [1.54, 1.807) is 68.4 Å². The molecule has 0 saturated heterocycles. The molecule has 7 heteroatoms. The van der Waals surface area contributed by atoms with Gasteiger partial charge < -0.3 is 19.5 Å². The van der Waals surface area contributed by atoms with Crippen LogP contribution in [0.25, 0.3) is 0 Å². The van der Waals surface area contributed by atoms with E-state index in [1.165, 1.54) is 14.2 Å². The van der Waals surface area contributed by atoms with Gasteiger partial charge >= 0.3 is 11.9 Å². The quantitative estimate of drug-likeness (QED) is 0.687. The number of nitrogens with one attached hydrogen (secondary N) is 1. The van der Waals surface area contributed by atoms with E-state index in [0.717, 1.165) is 0 Å². The van der Waals surface area contributed by atoms with E-state index in [0.29, 0.717) is 16.9 Å². The summed E-state index contributed by atoms with van der Waals surface area (Å²) < 4.78 is 15.3. The standard InChI is InChI=1S/C22H25NO6/c1-14(2)29-22(26)19(18(21(25)28-4)15-8-6-5-7-9-15)23-20(24)16-10-12-17(27-3)13-11-16/h5-14,18-19H,1-4H3,(H,23,24)/t18-,19-/m1/s1. The van der Waals surface area contributed by atoms with Gasteiger partial charge in [0.05, 0.1) is 20.3 Å². The predicted molar refractivity (Wildman–Crippen MR) is 107 cm³/mol. The Morgan fingerprint density at radius 2 is 1.48 bits per heavy atom. The first-order chi connectivity index (χ1) is 13.9. The summed E-state index contributed by atoms with van der Waals surface area (Å²) in [5.74, 6) is -2.37. The molecule has 1 amide bonds. The lowest BCUT2D eigenvalue weighted by atomic mass is 9.91. The average molecular weight is 399 g/mol. The van der Waals surface area contributed by atoms with Gasteiger partial charge in [0.1, 0.15) is 17.7 Å². The molecule has 0 radical (unpaired) electrons. The van der Waals surface area contributed by atoms with E-state index in [2.05, 4.69) is 5.32 Å². The van der Waals surface area contributed by atoms with E-state index >= 15 is 0 Å². The Kier molecular flexibility index (Phi) is 7.77. The minimum Gasteiger partial charge on any atom is -0.497 e. The van der Waals surface area contributed by atoms with Gasteiger partial charge in [-0.2, -0.15) is 0 Å². The molecule has 154 valence electrons. The molecule has 2 atom stereocenters. The van der Waals surface area contributed by atoms with Crippen LogP contribution in [0.2, 0.25) is 0 Å². The van der Waals surface area contributed by atoms with Crippen LogP contribution in [0, 0.1) is 0 Å². The van der Waals surface area contributed by atoms with Gasteiger partial charge in [0, 0.05) is 5.56 Å². The molecular weight excluding hydrogens is 374 g/mol. The molecule has 0 fully saturated rings. The van der Waals surface area contributed by atoms with E-state index < -0.39 is 35.9 Å². The Bertz CT molecular complexity index is 832. The number of carbonyl (C=O) groups is 3. The van der Waals surface area contributed by atoms with Gasteiger partial charge in [0.2, 0.25) is 0 Å². The summed E-state index contributed by atoms with van der Waals surface area (Å²) in [6.07, 6.45) is -0.419. The summed E-state index contributed by atoms with van der Waals surface area (Å²) in [5, 5.41) is 2.63. The van der Waals surface area contributed by atoms with Crippen LogP contribution in [0.4, 0.5) is 0 Å². The number of carbonyl (C=O) groups excluding carboxylic acids is 3. The fourth-order valence-electron chi connectivity index (χ4n) is 2.80. The monoisotopic (exact) mass is 399 g/mol. The van der Waals surface area contributed by atoms with Crippen LogP contribution in [-0.4, -0.2) is 44.2 Å². The second kappa shape index (κ2) is 10.3. The summed E-state index contributed by atoms with van der Waals surface area (Å²) in [7, 11) is 2.75. The summed E-state index contributed by atoms with van der Waals surface area (Å²) in [4.78, 5) is 38.1.